The number of amides is 1. The van der Waals surface area contributed by atoms with E-state index in [1.54, 1.807) is 48.5 Å². The monoisotopic (exact) mass is 412 g/mol. The number of amidine groups is 1. The number of aliphatic imine (C=N–C) groups is 1. The van der Waals surface area contributed by atoms with E-state index in [9.17, 15) is 19.5 Å². The Bertz CT molecular complexity index is 1050. The van der Waals surface area contributed by atoms with Gasteiger partial charge in [0.05, 0.1) is 16.2 Å². The number of carbonyl (C=O) groups is 3. The number of benzene rings is 2. The van der Waals surface area contributed by atoms with Gasteiger partial charge in [0.2, 0.25) is 0 Å². The van der Waals surface area contributed by atoms with Crippen LogP contribution in [0.15, 0.2) is 58.4 Å². The van der Waals surface area contributed by atoms with Crippen LogP contribution >= 0.6 is 11.8 Å². The molecule has 1 aliphatic rings. The Hall–Kier alpha value is -3.59. The normalized spacial score (nSPS) is 17.2. The molecule has 1 heterocycles. The van der Waals surface area contributed by atoms with Crippen LogP contribution in [0.25, 0.3) is 6.08 Å². The number of nitrogens with one attached hydrogen (secondary N) is 1. The lowest BCUT2D eigenvalue weighted by Crippen LogP contribution is -2.23. The van der Waals surface area contributed by atoms with Gasteiger partial charge in [0.15, 0.2) is 11.3 Å². The number of ether oxygens (including phenoxy) is 1. The highest BCUT2D eigenvalue weighted by molar-refractivity contribution is 8.18. The quantitative estimate of drug-likeness (QED) is 0.623. The molecule has 8 nitrogen and oxygen atoms in total. The van der Waals surface area contributed by atoms with Crippen molar-refractivity contribution < 1.29 is 29.3 Å². The number of rotatable bonds is 6. The molecule has 148 valence electrons. The van der Waals surface area contributed by atoms with Crippen molar-refractivity contribution in [1.29, 1.82) is 0 Å². The maximum absolute atomic E-state index is 12.3. The van der Waals surface area contributed by atoms with Crippen LogP contribution in [0.1, 0.15) is 22.8 Å². The summed E-state index contributed by atoms with van der Waals surface area (Å²) in [5, 5.41) is 21.1. The molecule has 0 aliphatic carbocycles. The van der Waals surface area contributed by atoms with E-state index in [1.165, 1.54) is 13.0 Å². The molecule has 1 saturated heterocycles. The first-order valence-electron chi connectivity index (χ1n) is 8.45. The van der Waals surface area contributed by atoms with E-state index in [0.717, 1.165) is 11.8 Å². The van der Waals surface area contributed by atoms with Crippen LogP contribution in [0.4, 0.5) is 5.69 Å². The van der Waals surface area contributed by atoms with E-state index in [4.69, 9.17) is 9.84 Å². The number of carboxylic acid groups (broad SMARTS) is 2. The second-order valence-electron chi connectivity index (χ2n) is 5.94. The van der Waals surface area contributed by atoms with Crippen LogP contribution in [0, 0.1) is 0 Å². The number of nitrogens with zero attached hydrogens (tertiary/aromatic N) is 1. The van der Waals surface area contributed by atoms with Gasteiger partial charge in [0.1, 0.15) is 5.75 Å². The van der Waals surface area contributed by atoms with Crippen molar-refractivity contribution >= 4 is 46.5 Å². The second kappa shape index (κ2) is 8.61. The number of aromatic carboxylic acids is 1. The molecule has 1 unspecified atom stereocenters. The lowest BCUT2D eigenvalue weighted by atomic mass is 10.2. The highest BCUT2D eigenvalue weighted by Gasteiger charge is 2.25. The number of carboxylic acids is 2. The number of para-hydroxylation sites is 2. The molecular formula is C20H16N2O6S. The number of hydrogen-bond acceptors (Lipinski definition) is 6. The standard InChI is InChI=1S/C20H16N2O6S/c1-11(18(24)25)28-15-9-5-2-6-12(15)10-16-17(23)22-20(29-16)21-14-8-4-3-7-13(14)19(26)27/h2-11H,1H3,(H,24,25)(H,26,27)(H,21,22,23)/b16-10-. The molecule has 2 aromatic rings. The second-order valence-corrected chi connectivity index (χ2v) is 6.97. The highest BCUT2D eigenvalue weighted by atomic mass is 32.2. The molecule has 1 amide bonds. The van der Waals surface area contributed by atoms with Gasteiger partial charge in [-0.1, -0.05) is 30.3 Å². The summed E-state index contributed by atoms with van der Waals surface area (Å²) in [5.74, 6) is -2.30. The molecule has 3 N–H and O–H groups in total. The molecule has 0 spiro atoms. The van der Waals surface area contributed by atoms with E-state index < -0.39 is 23.9 Å². The van der Waals surface area contributed by atoms with Gasteiger partial charge < -0.3 is 20.3 Å². The van der Waals surface area contributed by atoms with E-state index in [1.807, 2.05) is 0 Å². The Morgan fingerprint density at radius 1 is 1.14 bits per heavy atom. The van der Waals surface area contributed by atoms with Gasteiger partial charge in [-0.05, 0) is 43.0 Å². The largest absolute Gasteiger partial charge is 0.479 e. The van der Waals surface area contributed by atoms with Crippen molar-refractivity contribution in [2.24, 2.45) is 4.99 Å². The Balaban J connectivity index is 1.88. The molecule has 2 aromatic carbocycles. The molecule has 1 atom stereocenters. The SMILES string of the molecule is CC(Oc1ccccc1/C=C1\SC(=Nc2ccccc2C(=O)O)NC1=O)C(=O)O. The van der Waals surface area contributed by atoms with Gasteiger partial charge in [0.25, 0.3) is 5.91 Å². The first kappa shape index (κ1) is 20.2. The van der Waals surface area contributed by atoms with Crippen LogP contribution in [0.2, 0.25) is 0 Å². The third-order valence-electron chi connectivity index (χ3n) is 3.86. The molecule has 1 aliphatic heterocycles. The topological polar surface area (TPSA) is 125 Å². The van der Waals surface area contributed by atoms with Crippen LogP contribution in [-0.4, -0.2) is 39.3 Å². The summed E-state index contributed by atoms with van der Waals surface area (Å²) in [6, 6.07) is 13.0. The van der Waals surface area contributed by atoms with Crippen molar-refractivity contribution in [2.45, 2.75) is 13.0 Å². The van der Waals surface area contributed by atoms with Gasteiger partial charge >= 0.3 is 11.9 Å². The van der Waals surface area contributed by atoms with Crippen LogP contribution in [-0.2, 0) is 9.59 Å². The first-order valence-corrected chi connectivity index (χ1v) is 9.27. The minimum atomic E-state index is -1.12. The molecular weight excluding hydrogens is 396 g/mol. The van der Waals surface area contributed by atoms with Gasteiger partial charge in [-0.25, -0.2) is 14.6 Å². The van der Waals surface area contributed by atoms with Crippen molar-refractivity contribution in [3.8, 4) is 5.75 Å². The average molecular weight is 412 g/mol. The summed E-state index contributed by atoms with van der Waals surface area (Å²) in [6.45, 7) is 1.41. The molecule has 3 rings (SSSR count). The molecule has 0 bridgehead atoms. The zero-order valence-electron chi connectivity index (χ0n) is 15.2. The first-order chi connectivity index (χ1) is 13.8. The predicted octanol–water partition coefficient (Wildman–Crippen LogP) is 3.13. The zero-order valence-corrected chi connectivity index (χ0v) is 16.0. The summed E-state index contributed by atoms with van der Waals surface area (Å²) in [4.78, 5) is 39.2. The van der Waals surface area contributed by atoms with Gasteiger partial charge in [-0.15, -0.1) is 0 Å². The maximum Gasteiger partial charge on any atom is 0.344 e. The summed E-state index contributed by atoms with van der Waals surface area (Å²) in [7, 11) is 0. The van der Waals surface area contributed by atoms with Gasteiger partial charge in [-0.3, -0.25) is 4.79 Å². The van der Waals surface area contributed by atoms with Gasteiger partial charge in [0, 0.05) is 5.56 Å². The number of aliphatic carboxylic acids is 1. The van der Waals surface area contributed by atoms with Crippen LogP contribution < -0.4 is 10.1 Å². The third-order valence-corrected chi connectivity index (χ3v) is 4.77. The Kier molecular flexibility index (Phi) is 5.99. The van der Waals surface area contributed by atoms with Crippen molar-refractivity contribution in [2.75, 3.05) is 0 Å². The summed E-state index contributed by atoms with van der Waals surface area (Å²) >= 11 is 1.05. The van der Waals surface area contributed by atoms with E-state index in [-0.39, 0.29) is 16.4 Å². The molecule has 0 aromatic heterocycles. The summed E-state index contributed by atoms with van der Waals surface area (Å²) in [5.41, 5.74) is 0.780. The van der Waals surface area contributed by atoms with Crippen molar-refractivity contribution in [1.82, 2.24) is 5.32 Å². The van der Waals surface area contributed by atoms with Crippen molar-refractivity contribution in [3.63, 3.8) is 0 Å². The smallest absolute Gasteiger partial charge is 0.344 e. The lowest BCUT2D eigenvalue weighted by molar-refractivity contribution is -0.144. The summed E-state index contributed by atoms with van der Waals surface area (Å²) < 4.78 is 5.44. The molecule has 9 heteroatoms. The lowest BCUT2D eigenvalue weighted by Gasteiger charge is -2.12. The highest BCUT2D eigenvalue weighted by Crippen LogP contribution is 2.31. The summed E-state index contributed by atoms with van der Waals surface area (Å²) in [6.07, 6.45) is 0.513. The predicted molar refractivity (Wildman–Crippen MR) is 108 cm³/mol. The minimum absolute atomic E-state index is 0.0219. The molecule has 29 heavy (non-hydrogen) atoms. The van der Waals surface area contributed by atoms with Crippen LogP contribution in [0.3, 0.4) is 0 Å². The van der Waals surface area contributed by atoms with Crippen molar-refractivity contribution in [3.05, 3.63) is 64.6 Å². The third kappa shape index (κ3) is 4.82. The van der Waals surface area contributed by atoms with E-state index in [2.05, 4.69) is 10.3 Å². The molecule has 0 radical (unpaired) electrons. The van der Waals surface area contributed by atoms with Gasteiger partial charge in [-0.2, -0.15) is 0 Å². The Labute approximate surface area is 169 Å². The minimum Gasteiger partial charge on any atom is -0.479 e. The van der Waals surface area contributed by atoms with E-state index in [0.29, 0.717) is 16.2 Å². The average Bonchev–Trinajstić information content (AvgIpc) is 3.02. The number of hydrogen-bond donors (Lipinski definition) is 3. The molecule has 0 saturated carbocycles. The maximum atomic E-state index is 12.3. The fraction of sp³-hybridized carbons (Fsp3) is 0.100. The number of thioether (sulfide) groups is 1. The fourth-order valence-electron chi connectivity index (χ4n) is 2.43. The Morgan fingerprint density at radius 2 is 1.83 bits per heavy atom. The Morgan fingerprint density at radius 3 is 2.55 bits per heavy atom. The van der Waals surface area contributed by atoms with E-state index >= 15 is 0 Å². The number of carbonyl (C=O) groups excluding carboxylic acids is 1. The molecule has 1 fully saturated rings. The zero-order chi connectivity index (χ0) is 21.0. The van der Waals surface area contributed by atoms with Crippen LogP contribution in [0.5, 0.6) is 5.75 Å². The fourth-order valence-corrected chi connectivity index (χ4v) is 3.26.